The first-order chi connectivity index (χ1) is 13.9. The summed E-state index contributed by atoms with van der Waals surface area (Å²) in [6.45, 7) is 1.80. The van der Waals surface area contributed by atoms with E-state index in [4.69, 9.17) is 4.74 Å². The number of anilines is 1. The molecule has 0 aliphatic carbocycles. The Morgan fingerprint density at radius 3 is 2.83 bits per heavy atom. The number of H-pyrrole nitrogens is 1. The van der Waals surface area contributed by atoms with Crippen molar-refractivity contribution in [3.05, 3.63) is 47.8 Å². The second-order valence-electron chi connectivity index (χ2n) is 6.99. The van der Waals surface area contributed by atoms with Gasteiger partial charge in [-0.1, -0.05) is 12.1 Å². The number of methoxy groups -OCH3 is 1. The van der Waals surface area contributed by atoms with Crippen molar-refractivity contribution in [2.24, 2.45) is 0 Å². The van der Waals surface area contributed by atoms with E-state index in [1.807, 2.05) is 24.3 Å². The topological polar surface area (TPSA) is 119 Å². The summed E-state index contributed by atoms with van der Waals surface area (Å²) < 4.78 is 30.6. The first-order valence-corrected chi connectivity index (χ1v) is 10.9. The Morgan fingerprint density at radius 2 is 2.10 bits per heavy atom. The second kappa shape index (κ2) is 7.36. The summed E-state index contributed by atoms with van der Waals surface area (Å²) in [6, 6.07) is 10.5. The molecule has 1 aliphatic rings. The minimum atomic E-state index is -3.07. The molecule has 1 atom stereocenters. The third kappa shape index (κ3) is 3.88. The normalized spacial score (nSPS) is 17.9. The standard InChI is InChI=1S/C19H21N5O4S/c1-12-9-18(24(23-12)13-7-8-29(26,27)11-13)20-19(25)16-10-15(21-22-16)14-5-3-4-6-17(14)28-2/h3-6,9-10,13H,7-8,11H2,1-2H3,(H,20,25)(H,21,22)/t13-/m1/s1. The van der Waals surface area contributed by atoms with E-state index >= 15 is 0 Å². The fraction of sp³-hybridized carbons (Fsp3) is 0.316. The van der Waals surface area contributed by atoms with Crippen LogP contribution in [0.3, 0.4) is 0 Å². The lowest BCUT2D eigenvalue weighted by Gasteiger charge is -2.13. The molecule has 29 heavy (non-hydrogen) atoms. The highest BCUT2D eigenvalue weighted by molar-refractivity contribution is 7.91. The van der Waals surface area contributed by atoms with Gasteiger partial charge < -0.3 is 10.1 Å². The van der Waals surface area contributed by atoms with Gasteiger partial charge in [0.25, 0.3) is 5.91 Å². The predicted octanol–water partition coefficient (Wildman–Crippen LogP) is 2.20. The molecule has 4 rings (SSSR count). The summed E-state index contributed by atoms with van der Waals surface area (Å²) in [7, 11) is -1.49. The molecule has 3 heterocycles. The lowest BCUT2D eigenvalue weighted by molar-refractivity contribution is 0.102. The van der Waals surface area contributed by atoms with Crippen molar-refractivity contribution in [2.75, 3.05) is 23.9 Å². The number of ether oxygens (including phenoxy) is 1. The lowest BCUT2D eigenvalue weighted by atomic mass is 10.1. The third-order valence-corrected chi connectivity index (χ3v) is 6.61. The number of amides is 1. The number of carbonyl (C=O) groups excluding carboxylic acids is 1. The summed E-state index contributed by atoms with van der Waals surface area (Å²) in [5.74, 6) is 0.886. The minimum Gasteiger partial charge on any atom is -0.496 e. The second-order valence-corrected chi connectivity index (χ2v) is 9.22. The molecular weight excluding hydrogens is 394 g/mol. The van der Waals surface area contributed by atoms with Gasteiger partial charge in [0.1, 0.15) is 17.3 Å². The molecule has 0 radical (unpaired) electrons. The molecular formula is C19H21N5O4S. The third-order valence-electron chi connectivity index (χ3n) is 4.86. The molecule has 9 nitrogen and oxygen atoms in total. The smallest absolute Gasteiger partial charge is 0.274 e. The molecule has 0 unspecified atom stereocenters. The van der Waals surface area contributed by atoms with Gasteiger partial charge in [-0.3, -0.25) is 9.89 Å². The highest BCUT2D eigenvalue weighted by Crippen LogP contribution is 2.29. The number of hydrogen-bond acceptors (Lipinski definition) is 6. The number of sulfone groups is 1. The van der Waals surface area contributed by atoms with Crippen molar-refractivity contribution < 1.29 is 17.9 Å². The molecule has 152 valence electrons. The predicted molar refractivity (Wildman–Crippen MR) is 108 cm³/mol. The summed E-state index contributed by atoms with van der Waals surface area (Å²) >= 11 is 0. The van der Waals surface area contributed by atoms with Crippen molar-refractivity contribution in [3.63, 3.8) is 0 Å². The molecule has 1 amide bonds. The number of benzene rings is 1. The zero-order valence-electron chi connectivity index (χ0n) is 16.0. The van der Waals surface area contributed by atoms with Gasteiger partial charge >= 0.3 is 0 Å². The van der Waals surface area contributed by atoms with E-state index in [1.165, 1.54) is 0 Å². The van der Waals surface area contributed by atoms with Crippen LogP contribution in [-0.4, -0.2) is 52.9 Å². The van der Waals surface area contributed by atoms with Gasteiger partial charge in [-0.05, 0) is 31.5 Å². The first-order valence-electron chi connectivity index (χ1n) is 9.13. The Balaban J connectivity index is 1.56. The maximum atomic E-state index is 12.7. The van der Waals surface area contributed by atoms with Crippen molar-refractivity contribution in [2.45, 2.75) is 19.4 Å². The van der Waals surface area contributed by atoms with Gasteiger partial charge in [-0.2, -0.15) is 10.2 Å². The lowest BCUT2D eigenvalue weighted by Crippen LogP contribution is -2.19. The van der Waals surface area contributed by atoms with Gasteiger partial charge in [0.05, 0.1) is 36.0 Å². The van der Waals surface area contributed by atoms with Crippen LogP contribution >= 0.6 is 0 Å². The summed E-state index contributed by atoms with van der Waals surface area (Å²) in [6.07, 6.45) is 0.480. The number of aryl methyl sites for hydroxylation is 1. The van der Waals surface area contributed by atoms with Crippen LogP contribution in [-0.2, 0) is 9.84 Å². The average Bonchev–Trinajstić information content (AvgIpc) is 3.40. The van der Waals surface area contributed by atoms with Gasteiger partial charge in [0.15, 0.2) is 9.84 Å². The number of aromatic amines is 1. The van der Waals surface area contributed by atoms with Crippen LogP contribution in [0, 0.1) is 6.92 Å². The fourth-order valence-corrected chi connectivity index (χ4v) is 5.16. The maximum absolute atomic E-state index is 12.7. The van der Waals surface area contributed by atoms with Crippen LogP contribution < -0.4 is 10.1 Å². The van der Waals surface area contributed by atoms with Crippen LogP contribution in [0.2, 0.25) is 0 Å². The molecule has 2 N–H and O–H groups in total. The summed E-state index contributed by atoms with van der Waals surface area (Å²) in [5.41, 5.74) is 2.32. The molecule has 0 spiro atoms. The molecule has 1 aliphatic heterocycles. The zero-order chi connectivity index (χ0) is 20.6. The molecule has 0 bridgehead atoms. The Hall–Kier alpha value is -3.14. The molecule has 0 saturated carbocycles. The van der Waals surface area contributed by atoms with Crippen molar-refractivity contribution in [3.8, 4) is 17.0 Å². The van der Waals surface area contributed by atoms with Crippen LogP contribution in [0.25, 0.3) is 11.3 Å². The minimum absolute atomic E-state index is 0.0268. The van der Waals surface area contributed by atoms with Crippen LogP contribution in [0.15, 0.2) is 36.4 Å². The van der Waals surface area contributed by atoms with Crippen molar-refractivity contribution in [1.29, 1.82) is 0 Å². The number of hydrogen-bond donors (Lipinski definition) is 2. The molecule has 1 fully saturated rings. The first kappa shape index (κ1) is 19.2. The number of para-hydroxylation sites is 1. The summed E-state index contributed by atoms with van der Waals surface area (Å²) in [4.78, 5) is 12.7. The average molecular weight is 415 g/mol. The van der Waals surface area contributed by atoms with Crippen LogP contribution in [0.1, 0.15) is 28.6 Å². The zero-order valence-corrected chi connectivity index (χ0v) is 16.9. The highest BCUT2D eigenvalue weighted by atomic mass is 32.2. The number of carbonyl (C=O) groups is 1. The molecule has 10 heteroatoms. The van der Waals surface area contributed by atoms with E-state index < -0.39 is 9.84 Å². The quantitative estimate of drug-likeness (QED) is 0.659. The summed E-state index contributed by atoms with van der Waals surface area (Å²) in [5, 5.41) is 14.1. The molecule has 3 aromatic rings. The number of aromatic nitrogens is 4. The number of rotatable bonds is 5. The van der Waals surface area contributed by atoms with Gasteiger partial charge in [0, 0.05) is 11.6 Å². The van der Waals surface area contributed by atoms with E-state index in [-0.39, 0.29) is 29.1 Å². The Bertz CT molecular complexity index is 1160. The number of nitrogens with one attached hydrogen (secondary N) is 2. The maximum Gasteiger partial charge on any atom is 0.274 e. The Kier molecular flexibility index (Phi) is 4.87. The number of nitrogens with zero attached hydrogens (tertiary/aromatic N) is 3. The monoisotopic (exact) mass is 415 g/mol. The van der Waals surface area contributed by atoms with Gasteiger partial charge in [-0.25, -0.2) is 13.1 Å². The van der Waals surface area contributed by atoms with Gasteiger partial charge in [0.2, 0.25) is 0 Å². The Labute approximate surface area is 168 Å². The SMILES string of the molecule is COc1ccccc1-c1cc(C(=O)Nc2cc(C)nn2[C@@H]2CCS(=O)(=O)C2)[nH]n1. The fourth-order valence-electron chi connectivity index (χ4n) is 3.47. The molecule has 2 aromatic heterocycles. The largest absolute Gasteiger partial charge is 0.496 e. The van der Waals surface area contributed by atoms with Gasteiger partial charge in [-0.15, -0.1) is 0 Å². The van der Waals surface area contributed by atoms with Crippen molar-refractivity contribution in [1.82, 2.24) is 20.0 Å². The van der Waals surface area contributed by atoms with E-state index in [0.717, 1.165) is 5.56 Å². The van der Waals surface area contributed by atoms with E-state index in [0.29, 0.717) is 29.4 Å². The van der Waals surface area contributed by atoms with E-state index in [2.05, 4.69) is 20.6 Å². The van der Waals surface area contributed by atoms with Crippen LogP contribution in [0.4, 0.5) is 5.82 Å². The van der Waals surface area contributed by atoms with Crippen LogP contribution in [0.5, 0.6) is 5.75 Å². The van der Waals surface area contributed by atoms with Crippen molar-refractivity contribution >= 4 is 21.6 Å². The Morgan fingerprint density at radius 1 is 1.31 bits per heavy atom. The molecule has 1 saturated heterocycles. The molecule has 1 aromatic carbocycles. The van der Waals surface area contributed by atoms with E-state index in [9.17, 15) is 13.2 Å². The van der Waals surface area contributed by atoms with E-state index in [1.54, 1.807) is 30.8 Å². The highest BCUT2D eigenvalue weighted by Gasteiger charge is 2.31.